The second-order valence-electron chi connectivity index (χ2n) is 12.4. The standard InChI is InChI=1S/C38H55N3O4/c1-6-9-14-33-27-34-26-32(35(42)19-21-39-28-36(43)45-29(4)5)20-25-41(34)37(33)38(44)31-17-15-30(16-18-31)13-12-24-40(22-10-7-2)23-11-8-3/h15-18,20,25-27,29,39H,6-14,19,21-24,28H2,1-5H3. The highest BCUT2D eigenvalue weighted by Crippen LogP contribution is 2.24. The van der Waals surface area contributed by atoms with E-state index in [1.807, 2.05) is 28.8 Å². The number of ether oxygens (including phenoxy) is 1. The Labute approximate surface area is 270 Å². The number of hydrogen-bond donors (Lipinski definition) is 1. The first kappa shape index (κ1) is 36.2. The predicted octanol–water partition coefficient (Wildman–Crippen LogP) is 7.46. The fraction of sp³-hybridized carbons (Fsp3) is 0.553. The van der Waals surface area contributed by atoms with Crippen molar-refractivity contribution in [3.8, 4) is 0 Å². The van der Waals surface area contributed by atoms with E-state index in [1.54, 1.807) is 19.9 Å². The molecule has 7 nitrogen and oxygen atoms in total. The summed E-state index contributed by atoms with van der Waals surface area (Å²) in [6.07, 6.45) is 11.9. The number of aromatic nitrogens is 1. The summed E-state index contributed by atoms with van der Waals surface area (Å²) in [4.78, 5) is 41.1. The SMILES string of the molecule is CCCCc1cc2cc(C(=O)CCNCC(=O)OC(C)C)ccn2c1C(=O)c1ccc(CCCN(CCCC)CCCC)cc1. The number of aryl methyl sites for hydroxylation is 2. The van der Waals surface area contributed by atoms with Gasteiger partial charge in [-0.15, -0.1) is 0 Å². The molecule has 0 saturated heterocycles. The number of unbranched alkanes of at least 4 members (excludes halogenated alkanes) is 3. The molecule has 0 fully saturated rings. The maximum atomic E-state index is 13.9. The van der Waals surface area contributed by atoms with Crippen molar-refractivity contribution in [1.82, 2.24) is 14.6 Å². The van der Waals surface area contributed by atoms with Crippen LogP contribution in [0, 0.1) is 0 Å². The number of ketones is 2. The van der Waals surface area contributed by atoms with Gasteiger partial charge in [-0.1, -0.05) is 64.3 Å². The maximum Gasteiger partial charge on any atom is 0.320 e. The summed E-state index contributed by atoms with van der Waals surface area (Å²) in [6, 6.07) is 13.8. The van der Waals surface area contributed by atoms with E-state index in [9.17, 15) is 14.4 Å². The zero-order valence-electron chi connectivity index (χ0n) is 28.3. The second-order valence-corrected chi connectivity index (χ2v) is 12.4. The summed E-state index contributed by atoms with van der Waals surface area (Å²) in [5.41, 5.74) is 5.08. The molecule has 0 atom stereocenters. The van der Waals surface area contributed by atoms with Crippen LogP contribution in [0.1, 0.15) is 124 Å². The van der Waals surface area contributed by atoms with Gasteiger partial charge in [0.2, 0.25) is 5.78 Å². The Kier molecular flexibility index (Phi) is 15.5. The number of fused-ring (bicyclic) bond motifs is 1. The van der Waals surface area contributed by atoms with Crippen molar-refractivity contribution in [2.75, 3.05) is 32.7 Å². The Morgan fingerprint density at radius 1 is 0.822 bits per heavy atom. The van der Waals surface area contributed by atoms with Crippen LogP contribution in [-0.4, -0.2) is 65.7 Å². The van der Waals surface area contributed by atoms with E-state index in [-0.39, 0.29) is 36.6 Å². The number of benzene rings is 1. The molecule has 0 bridgehead atoms. The zero-order chi connectivity index (χ0) is 32.6. The van der Waals surface area contributed by atoms with Crippen LogP contribution >= 0.6 is 0 Å². The van der Waals surface area contributed by atoms with Gasteiger partial charge in [0.1, 0.15) is 0 Å². The molecule has 1 N–H and O–H groups in total. The maximum absolute atomic E-state index is 13.9. The smallest absolute Gasteiger partial charge is 0.320 e. The summed E-state index contributed by atoms with van der Waals surface area (Å²) >= 11 is 0. The van der Waals surface area contributed by atoms with E-state index < -0.39 is 0 Å². The highest BCUT2D eigenvalue weighted by Gasteiger charge is 2.20. The number of Topliss-reactive ketones (excluding diaryl/α,β-unsaturated/α-hetero) is 1. The topological polar surface area (TPSA) is 80.1 Å². The van der Waals surface area contributed by atoms with Crippen LogP contribution in [-0.2, 0) is 22.4 Å². The summed E-state index contributed by atoms with van der Waals surface area (Å²) in [5, 5.41) is 2.98. The Balaban J connectivity index is 1.68. The molecule has 0 aliphatic carbocycles. The average Bonchev–Trinajstić information content (AvgIpc) is 3.40. The van der Waals surface area contributed by atoms with E-state index in [1.165, 1.54) is 44.3 Å². The minimum Gasteiger partial charge on any atom is -0.462 e. The first-order valence-corrected chi connectivity index (χ1v) is 17.2. The molecule has 7 heteroatoms. The minimum atomic E-state index is -0.328. The first-order chi connectivity index (χ1) is 21.8. The third-order valence-corrected chi connectivity index (χ3v) is 8.17. The monoisotopic (exact) mass is 617 g/mol. The van der Waals surface area contributed by atoms with Crippen molar-refractivity contribution < 1.29 is 19.1 Å². The Bertz CT molecular complexity index is 1350. The van der Waals surface area contributed by atoms with Crippen molar-refractivity contribution in [1.29, 1.82) is 0 Å². The number of rotatable bonds is 22. The molecule has 2 heterocycles. The molecule has 3 rings (SSSR count). The van der Waals surface area contributed by atoms with Crippen LogP contribution in [0.2, 0.25) is 0 Å². The van der Waals surface area contributed by atoms with Gasteiger partial charge < -0.3 is 19.4 Å². The summed E-state index contributed by atoms with van der Waals surface area (Å²) in [5.74, 6) is -0.333. The number of pyridine rings is 1. The van der Waals surface area contributed by atoms with Crippen molar-refractivity contribution >= 4 is 23.1 Å². The third-order valence-electron chi connectivity index (χ3n) is 8.17. The van der Waals surface area contributed by atoms with Gasteiger partial charge in [-0.25, -0.2) is 0 Å². The quantitative estimate of drug-likeness (QED) is 0.0716. The highest BCUT2D eigenvalue weighted by molar-refractivity contribution is 6.10. The summed E-state index contributed by atoms with van der Waals surface area (Å²) in [6.45, 7) is 14.2. The van der Waals surface area contributed by atoms with E-state index in [0.717, 1.165) is 49.7 Å². The van der Waals surface area contributed by atoms with E-state index in [2.05, 4.69) is 49.2 Å². The molecule has 45 heavy (non-hydrogen) atoms. The number of esters is 1. The fourth-order valence-corrected chi connectivity index (χ4v) is 5.63. The van der Waals surface area contributed by atoms with Crippen LogP contribution in [0.15, 0.2) is 48.7 Å². The molecular weight excluding hydrogens is 562 g/mol. The van der Waals surface area contributed by atoms with Crippen LogP contribution in [0.25, 0.3) is 5.52 Å². The van der Waals surface area contributed by atoms with Crippen LogP contribution < -0.4 is 5.32 Å². The lowest BCUT2D eigenvalue weighted by molar-refractivity contribution is -0.146. The fourth-order valence-electron chi connectivity index (χ4n) is 5.63. The van der Waals surface area contributed by atoms with Crippen LogP contribution in [0.4, 0.5) is 0 Å². The third kappa shape index (κ3) is 11.5. The Morgan fingerprint density at radius 3 is 2.13 bits per heavy atom. The highest BCUT2D eigenvalue weighted by atomic mass is 16.5. The number of nitrogens with zero attached hydrogens (tertiary/aromatic N) is 2. The number of hydrogen-bond acceptors (Lipinski definition) is 6. The summed E-state index contributed by atoms with van der Waals surface area (Å²) in [7, 11) is 0. The molecule has 2 aromatic heterocycles. The average molecular weight is 618 g/mol. The van der Waals surface area contributed by atoms with Gasteiger partial charge >= 0.3 is 5.97 Å². The number of carbonyl (C=O) groups excluding carboxylic acids is 3. The zero-order valence-corrected chi connectivity index (χ0v) is 28.3. The summed E-state index contributed by atoms with van der Waals surface area (Å²) < 4.78 is 7.04. The molecule has 0 radical (unpaired) electrons. The lowest BCUT2D eigenvalue weighted by atomic mass is 10.00. The second kappa shape index (κ2) is 19.3. The van der Waals surface area contributed by atoms with Gasteiger partial charge in [-0.05, 0) is 101 Å². The Hall–Kier alpha value is -3.29. The lowest BCUT2D eigenvalue weighted by Gasteiger charge is -2.21. The molecule has 0 saturated carbocycles. The molecule has 0 aliphatic rings. The van der Waals surface area contributed by atoms with Crippen molar-refractivity contribution in [2.24, 2.45) is 0 Å². The molecule has 0 aliphatic heterocycles. The predicted molar refractivity (Wildman–Crippen MR) is 184 cm³/mol. The molecule has 246 valence electrons. The lowest BCUT2D eigenvalue weighted by Crippen LogP contribution is -2.28. The van der Waals surface area contributed by atoms with Gasteiger partial charge in [-0.3, -0.25) is 14.4 Å². The number of carbonyl (C=O) groups is 3. The van der Waals surface area contributed by atoms with Gasteiger partial charge in [0.25, 0.3) is 0 Å². The van der Waals surface area contributed by atoms with Crippen molar-refractivity contribution in [3.63, 3.8) is 0 Å². The Morgan fingerprint density at radius 2 is 1.49 bits per heavy atom. The van der Waals surface area contributed by atoms with E-state index in [0.29, 0.717) is 23.4 Å². The molecule has 0 unspecified atom stereocenters. The van der Waals surface area contributed by atoms with Crippen LogP contribution in [0.3, 0.4) is 0 Å². The molecule has 1 aromatic carbocycles. The number of nitrogens with one attached hydrogen (secondary N) is 1. The van der Waals surface area contributed by atoms with Gasteiger partial charge in [-0.2, -0.15) is 0 Å². The van der Waals surface area contributed by atoms with Gasteiger partial charge in [0, 0.05) is 35.8 Å². The molecular formula is C38H55N3O4. The van der Waals surface area contributed by atoms with Gasteiger partial charge in [0.15, 0.2) is 5.78 Å². The van der Waals surface area contributed by atoms with Gasteiger partial charge in [0.05, 0.1) is 18.3 Å². The van der Waals surface area contributed by atoms with Crippen molar-refractivity contribution in [3.05, 3.63) is 76.6 Å². The van der Waals surface area contributed by atoms with E-state index >= 15 is 0 Å². The first-order valence-electron chi connectivity index (χ1n) is 17.2. The molecule has 0 spiro atoms. The van der Waals surface area contributed by atoms with Crippen molar-refractivity contribution in [2.45, 2.75) is 105 Å². The van der Waals surface area contributed by atoms with Crippen LogP contribution in [0.5, 0.6) is 0 Å². The normalized spacial score (nSPS) is 11.5. The van der Waals surface area contributed by atoms with E-state index in [4.69, 9.17) is 4.74 Å². The molecule has 0 amide bonds. The largest absolute Gasteiger partial charge is 0.462 e. The molecule has 3 aromatic rings. The minimum absolute atomic E-state index is 0.00881.